The van der Waals surface area contributed by atoms with Gasteiger partial charge in [-0.05, 0) is 17.2 Å². The predicted molar refractivity (Wildman–Crippen MR) is 73.9 cm³/mol. The number of benzene rings is 1. The van der Waals surface area contributed by atoms with Gasteiger partial charge in [0.15, 0.2) is 0 Å². The lowest BCUT2D eigenvalue weighted by atomic mass is 10.1. The first-order valence-electron chi connectivity index (χ1n) is 6.43. The van der Waals surface area contributed by atoms with Crippen molar-refractivity contribution >= 4 is 0 Å². The quantitative estimate of drug-likeness (QED) is 0.853. The molecule has 0 aliphatic heterocycles. The minimum Gasteiger partial charge on any atom is -0.417 e. The Morgan fingerprint density at radius 2 is 1.90 bits per heavy atom. The van der Waals surface area contributed by atoms with Crippen molar-refractivity contribution in [3.63, 3.8) is 0 Å². The third-order valence-electron chi connectivity index (χ3n) is 2.81. The lowest BCUT2D eigenvalue weighted by Crippen LogP contribution is -2.17. The van der Waals surface area contributed by atoms with Crippen molar-refractivity contribution in [3.8, 4) is 5.88 Å². The first-order valence-corrected chi connectivity index (χ1v) is 6.43. The van der Waals surface area contributed by atoms with Gasteiger partial charge in [0.05, 0.1) is 19.3 Å². The fourth-order valence-corrected chi connectivity index (χ4v) is 1.79. The van der Waals surface area contributed by atoms with Crippen LogP contribution in [0.2, 0.25) is 0 Å². The van der Waals surface area contributed by atoms with E-state index in [0.29, 0.717) is 12.2 Å². The van der Waals surface area contributed by atoms with E-state index in [4.69, 9.17) is 10.5 Å². The van der Waals surface area contributed by atoms with Crippen LogP contribution in [0.5, 0.6) is 5.88 Å². The second kappa shape index (κ2) is 7.66. The van der Waals surface area contributed by atoms with E-state index in [9.17, 15) is 8.78 Å². The average molecular weight is 294 g/mol. The zero-order valence-electron chi connectivity index (χ0n) is 11.3. The van der Waals surface area contributed by atoms with Crippen LogP contribution in [0.1, 0.15) is 17.2 Å². The van der Waals surface area contributed by atoms with Gasteiger partial charge in [-0.3, -0.25) is 0 Å². The highest BCUT2D eigenvalue weighted by Gasteiger charge is 2.10. The summed E-state index contributed by atoms with van der Waals surface area (Å²) in [4.78, 5) is 3.69. The molecule has 2 N–H and O–H groups in total. The van der Waals surface area contributed by atoms with Gasteiger partial charge in [0.25, 0.3) is 0 Å². The molecule has 21 heavy (non-hydrogen) atoms. The topological polar surface area (TPSA) is 57.4 Å². The summed E-state index contributed by atoms with van der Waals surface area (Å²) in [5.41, 5.74) is 7.64. The Labute approximate surface area is 121 Å². The summed E-state index contributed by atoms with van der Waals surface area (Å²) in [7, 11) is 0. The number of ether oxygens (including phenoxy) is 2. The maximum absolute atomic E-state index is 12.1. The highest BCUT2D eigenvalue weighted by atomic mass is 19.3. The SMILES string of the molecule is NC(COCc1ccccc1)c1ccnc(OC(F)F)c1. The number of hydrogen-bond donors (Lipinski definition) is 1. The van der Waals surface area contributed by atoms with E-state index >= 15 is 0 Å². The summed E-state index contributed by atoms with van der Waals surface area (Å²) in [6, 6.07) is 12.3. The van der Waals surface area contributed by atoms with Crippen LogP contribution in [0, 0.1) is 0 Å². The molecule has 0 aliphatic carbocycles. The van der Waals surface area contributed by atoms with E-state index in [1.54, 1.807) is 6.07 Å². The van der Waals surface area contributed by atoms with Crippen molar-refractivity contribution in [2.75, 3.05) is 6.61 Å². The van der Waals surface area contributed by atoms with Gasteiger partial charge in [-0.1, -0.05) is 30.3 Å². The molecule has 1 aromatic carbocycles. The highest BCUT2D eigenvalue weighted by molar-refractivity contribution is 5.23. The van der Waals surface area contributed by atoms with E-state index in [2.05, 4.69) is 9.72 Å². The molecule has 0 saturated carbocycles. The molecular weight excluding hydrogens is 278 g/mol. The molecule has 0 radical (unpaired) electrons. The van der Waals surface area contributed by atoms with Gasteiger partial charge < -0.3 is 15.2 Å². The summed E-state index contributed by atoms with van der Waals surface area (Å²) < 4.78 is 34.0. The Kier molecular flexibility index (Phi) is 5.59. The largest absolute Gasteiger partial charge is 0.417 e. The Hall–Kier alpha value is -2.05. The number of nitrogens with zero attached hydrogens (tertiary/aromatic N) is 1. The fraction of sp³-hybridized carbons (Fsp3) is 0.267. The molecule has 1 unspecified atom stereocenters. The predicted octanol–water partition coefficient (Wildman–Crippen LogP) is 2.90. The monoisotopic (exact) mass is 294 g/mol. The number of hydrogen-bond acceptors (Lipinski definition) is 4. The van der Waals surface area contributed by atoms with Crippen molar-refractivity contribution in [2.45, 2.75) is 19.3 Å². The molecule has 0 amide bonds. The highest BCUT2D eigenvalue weighted by Crippen LogP contribution is 2.17. The maximum atomic E-state index is 12.1. The molecule has 2 rings (SSSR count). The average Bonchev–Trinajstić information content (AvgIpc) is 2.48. The standard InChI is InChI=1S/C15H16F2N2O2/c16-15(17)21-14-8-12(6-7-19-14)13(18)10-20-9-11-4-2-1-3-5-11/h1-8,13,15H,9-10,18H2. The Morgan fingerprint density at radius 1 is 1.14 bits per heavy atom. The summed E-state index contributed by atoms with van der Waals surface area (Å²) in [5, 5.41) is 0. The molecule has 2 aromatic rings. The number of halogens is 2. The smallest absolute Gasteiger partial charge is 0.388 e. The van der Waals surface area contributed by atoms with Gasteiger partial charge >= 0.3 is 6.61 Å². The van der Waals surface area contributed by atoms with E-state index in [1.165, 1.54) is 12.3 Å². The summed E-state index contributed by atoms with van der Waals surface area (Å²) in [5.74, 6) is -0.152. The lowest BCUT2D eigenvalue weighted by molar-refractivity contribution is -0.0529. The first kappa shape index (κ1) is 15.3. The molecule has 4 nitrogen and oxygen atoms in total. The second-order valence-electron chi connectivity index (χ2n) is 4.41. The molecule has 1 atom stereocenters. The minimum atomic E-state index is -2.90. The van der Waals surface area contributed by atoms with Crippen molar-refractivity contribution in [2.24, 2.45) is 5.73 Å². The minimum absolute atomic E-state index is 0.152. The van der Waals surface area contributed by atoms with E-state index < -0.39 is 12.7 Å². The molecule has 0 aliphatic rings. The zero-order chi connectivity index (χ0) is 15.1. The maximum Gasteiger partial charge on any atom is 0.388 e. The molecule has 6 heteroatoms. The third kappa shape index (κ3) is 5.09. The van der Waals surface area contributed by atoms with Gasteiger partial charge in [-0.25, -0.2) is 4.98 Å². The molecule has 1 heterocycles. The molecular formula is C15H16F2N2O2. The molecule has 0 fully saturated rings. The van der Waals surface area contributed by atoms with Crippen LogP contribution in [0.3, 0.4) is 0 Å². The number of alkyl halides is 2. The second-order valence-corrected chi connectivity index (χ2v) is 4.41. The third-order valence-corrected chi connectivity index (χ3v) is 2.81. The number of nitrogens with two attached hydrogens (primary N) is 1. The normalized spacial score (nSPS) is 12.4. The van der Waals surface area contributed by atoms with E-state index in [1.807, 2.05) is 30.3 Å². The zero-order valence-corrected chi connectivity index (χ0v) is 11.3. The van der Waals surface area contributed by atoms with Crippen molar-refractivity contribution in [1.29, 1.82) is 0 Å². The molecule has 112 valence electrons. The lowest BCUT2D eigenvalue weighted by Gasteiger charge is -2.13. The van der Waals surface area contributed by atoms with Crippen molar-refractivity contribution in [3.05, 3.63) is 59.8 Å². The van der Waals surface area contributed by atoms with Crippen molar-refractivity contribution in [1.82, 2.24) is 4.98 Å². The van der Waals surface area contributed by atoms with Crippen molar-refractivity contribution < 1.29 is 18.3 Å². The van der Waals surface area contributed by atoms with Crippen LogP contribution in [-0.4, -0.2) is 18.2 Å². The van der Waals surface area contributed by atoms with Gasteiger partial charge in [-0.2, -0.15) is 8.78 Å². The van der Waals surface area contributed by atoms with Gasteiger partial charge in [0.2, 0.25) is 5.88 Å². The summed E-state index contributed by atoms with van der Waals surface area (Å²) in [6.07, 6.45) is 1.38. The fourth-order valence-electron chi connectivity index (χ4n) is 1.79. The van der Waals surface area contributed by atoms with Crippen LogP contribution in [0.15, 0.2) is 48.7 Å². The number of pyridine rings is 1. The van der Waals surface area contributed by atoms with Crippen LogP contribution < -0.4 is 10.5 Å². The first-order chi connectivity index (χ1) is 10.1. The Morgan fingerprint density at radius 3 is 2.62 bits per heavy atom. The summed E-state index contributed by atoms with van der Waals surface area (Å²) >= 11 is 0. The van der Waals surface area contributed by atoms with Gasteiger partial charge in [0, 0.05) is 12.3 Å². The van der Waals surface area contributed by atoms with Crippen LogP contribution in [0.4, 0.5) is 8.78 Å². The Balaban J connectivity index is 1.86. The van der Waals surface area contributed by atoms with E-state index in [-0.39, 0.29) is 12.5 Å². The Bertz CT molecular complexity index is 552. The number of rotatable bonds is 7. The molecule has 0 spiro atoms. The van der Waals surface area contributed by atoms with Gasteiger partial charge in [-0.15, -0.1) is 0 Å². The van der Waals surface area contributed by atoms with Crippen LogP contribution in [0.25, 0.3) is 0 Å². The van der Waals surface area contributed by atoms with E-state index in [0.717, 1.165) is 5.56 Å². The molecule has 0 saturated heterocycles. The number of aromatic nitrogens is 1. The van der Waals surface area contributed by atoms with Crippen LogP contribution >= 0.6 is 0 Å². The molecule has 1 aromatic heterocycles. The molecule has 0 bridgehead atoms. The van der Waals surface area contributed by atoms with Gasteiger partial charge in [0.1, 0.15) is 0 Å². The van der Waals surface area contributed by atoms with Crippen LogP contribution in [-0.2, 0) is 11.3 Å². The summed E-state index contributed by atoms with van der Waals surface area (Å²) in [6.45, 7) is -2.19.